The summed E-state index contributed by atoms with van der Waals surface area (Å²) in [5.41, 5.74) is 18.0. The minimum Gasteiger partial charge on any atom is -0.310 e. The van der Waals surface area contributed by atoms with Crippen molar-refractivity contribution in [3.8, 4) is 11.1 Å². The fraction of sp³-hybridized carbons (Fsp3) is 0.133. The maximum atomic E-state index is 2.49. The van der Waals surface area contributed by atoms with E-state index in [9.17, 15) is 0 Å². The highest BCUT2D eigenvalue weighted by atomic mass is 15.2. The number of fused-ring (bicyclic) bond motifs is 10. The number of hydrogen-bond donors (Lipinski definition) is 0. The molecule has 0 heterocycles. The highest BCUT2D eigenvalue weighted by Crippen LogP contribution is 2.54. The Balaban J connectivity index is 1.10. The van der Waals surface area contributed by atoms with Gasteiger partial charge in [0.1, 0.15) is 0 Å². The molecule has 0 N–H and O–H groups in total. The van der Waals surface area contributed by atoms with Crippen molar-refractivity contribution in [3.05, 3.63) is 222 Å². The van der Waals surface area contributed by atoms with E-state index in [2.05, 4.69) is 232 Å². The van der Waals surface area contributed by atoms with Crippen LogP contribution in [-0.4, -0.2) is 0 Å². The van der Waals surface area contributed by atoms with E-state index >= 15 is 0 Å². The number of hydrogen-bond acceptors (Lipinski definition) is 2. The summed E-state index contributed by atoms with van der Waals surface area (Å²) in [6.07, 6.45) is 6.94. The van der Waals surface area contributed by atoms with Crippen molar-refractivity contribution >= 4 is 72.0 Å². The first kappa shape index (κ1) is 36.7. The third-order valence-corrected chi connectivity index (χ3v) is 14.3. The molecule has 0 unspecified atom stereocenters. The van der Waals surface area contributed by atoms with Crippen molar-refractivity contribution in [3.63, 3.8) is 0 Å². The van der Waals surface area contributed by atoms with Gasteiger partial charge < -0.3 is 9.80 Å². The van der Waals surface area contributed by atoms with Crippen LogP contribution in [0.1, 0.15) is 62.8 Å². The molecule has 0 saturated carbocycles. The van der Waals surface area contributed by atoms with Gasteiger partial charge in [-0.25, -0.2) is 0 Å². The Labute approximate surface area is 364 Å². The molecular formula is C60H48N2. The van der Waals surface area contributed by atoms with Gasteiger partial charge in [0.15, 0.2) is 0 Å². The first-order valence-electron chi connectivity index (χ1n) is 22.2. The third kappa shape index (κ3) is 5.36. The fourth-order valence-electron chi connectivity index (χ4n) is 11.3. The lowest BCUT2D eigenvalue weighted by Gasteiger charge is -2.31. The van der Waals surface area contributed by atoms with Gasteiger partial charge in [0.25, 0.3) is 0 Å². The lowest BCUT2D eigenvalue weighted by atomic mass is 9.78. The van der Waals surface area contributed by atoms with Gasteiger partial charge in [-0.1, -0.05) is 167 Å². The molecule has 12 rings (SSSR count). The smallest absolute Gasteiger partial charge is 0.0546 e. The monoisotopic (exact) mass is 796 g/mol. The molecule has 0 atom stereocenters. The predicted molar refractivity (Wildman–Crippen MR) is 264 cm³/mol. The molecule has 0 spiro atoms. The van der Waals surface area contributed by atoms with E-state index < -0.39 is 0 Å². The van der Waals surface area contributed by atoms with Gasteiger partial charge in [-0.15, -0.1) is 0 Å². The standard InChI is InChI=1S/C60H48N2/c1-59(2)53-29-17-15-25-45(53)47-33-31-41(35-55(47)59)61(39-19-7-5-8-20-39)57-37-51-44-24-12-14-28-50(44)58(38-52(51)43-23-11-13-27-49(43)57)62(40-21-9-6-10-22-40)42-32-34-48-46-26-16-18-30-54(46)60(3,4)56(48)36-42/h5-17,19-29,31-38H,18,30H2,1-4H3. The summed E-state index contributed by atoms with van der Waals surface area (Å²) in [4.78, 5) is 4.98. The van der Waals surface area contributed by atoms with Gasteiger partial charge in [0.05, 0.1) is 11.4 Å². The number of rotatable bonds is 6. The molecule has 0 saturated heterocycles. The maximum absolute atomic E-state index is 2.49. The Morgan fingerprint density at radius 3 is 1.42 bits per heavy atom. The Bertz CT molecular complexity index is 3350. The molecule has 3 aliphatic carbocycles. The second-order valence-electron chi connectivity index (χ2n) is 18.4. The second kappa shape index (κ2) is 13.7. The molecule has 9 aromatic carbocycles. The van der Waals surface area contributed by atoms with Crippen molar-refractivity contribution in [2.45, 2.75) is 51.4 Å². The van der Waals surface area contributed by atoms with Crippen molar-refractivity contribution < 1.29 is 0 Å². The van der Waals surface area contributed by atoms with Gasteiger partial charge in [-0.05, 0) is 134 Å². The lowest BCUT2D eigenvalue weighted by Crippen LogP contribution is -2.19. The molecule has 62 heavy (non-hydrogen) atoms. The molecule has 2 heteroatoms. The zero-order chi connectivity index (χ0) is 41.7. The second-order valence-corrected chi connectivity index (χ2v) is 18.4. The molecule has 0 radical (unpaired) electrons. The minimum atomic E-state index is -0.117. The van der Waals surface area contributed by atoms with E-state index in [0.717, 1.165) is 35.6 Å². The van der Waals surface area contributed by atoms with Gasteiger partial charge in [0, 0.05) is 44.4 Å². The SMILES string of the molecule is CC1(C)C2=C(C=CCC2)c2ccc(N(c3ccccc3)c3cc4c5ccccc5c(N(c5ccccc5)c5ccc6c(c5)C(C)(C)c5ccccc5-6)cc4c4ccccc34)cc21. The summed E-state index contributed by atoms with van der Waals surface area (Å²) >= 11 is 0. The van der Waals surface area contributed by atoms with Gasteiger partial charge in [-0.2, -0.15) is 0 Å². The van der Waals surface area contributed by atoms with Crippen molar-refractivity contribution in [2.75, 3.05) is 9.80 Å². The highest BCUT2D eigenvalue weighted by Gasteiger charge is 2.38. The van der Waals surface area contributed by atoms with E-state index in [1.165, 1.54) is 82.6 Å². The average Bonchev–Trinajstić information content (AvgIpc) is 3.69. The molecular weight excluding hydrogens is 749 g/mol. The Morgan fingerprint density at radius 2 is 0.839 bits per heavy atom. The lowest BCUT2D eigenvalue weighted by molar-refractivity contribution is 0.607. The van der Waals surface area contributed by atoms with Crippen LogP contribution in [-0.2, 0) is 10.8 Å². The summed E-state index contributed by atoms with van der Waals surface area (Å²) in [5.74, 6) is 0. The Morgan fingerprint density at radius 1 is 0.371 bits per heavy atom. The minimum absolute atomic E-state index is 0.0327. The topological polar surface area (TPSA) is 6.48 Å². The number of benzene rings is 9. The van der Waals surface area contributed by atoms with Crippen molar-refractivity contribution in [1.82, 2.24) is 0 Å². The van der Waals surface area contributed by atoms with Gasteiger partial charge in [-0.3, -0.25) is 0 Å². The Kier molecular flexibility index (Phi) is 8.09. The predicted octanol–water partition coefficient (Wildman–Crippen LogP) is 16.8. The summed E-state index contributed by atoms with van der Waals surface area (Å²) in [6, 6.07) is 68.0. The number of allylic oxidation sites excluding steroid dienone is 4. The molecule has 0 amide bonds. The summed E-state index contributed by atoms with van der Waals surface area (Å²) in [7, 11) is 0. The average molecular weight is 797 g/mol. The molecule has 298 valence electrons. The van der Waals surface area contributed by atoms with Crippen LogP contribution in [0, 0.1) is 0 Å². The summed E-state index contributed by atoms with van der Waals surface area (Å²) in [5, 5.41) is 7.36. The number of para-hydroxylation sites is 2. The van der Waals surface area contributed by atoms with Crippen molar-refractivity contribution in [2.24, 2.45) is 0 Å². The van der Waals surface area contributed by atoms with Crippen LogP contribution >= 0.6 is 0 Å². The van der Waals surface area contributed by atoms with Gasteiger partial charge >= 0.3 is 0 Å². The van der Waals surface area contributed by atoms with Crippen LogP contribution in [0.25, 0.3) is 49.0 Å². The van der Waals surface area contributed by atoms with E-state index in [4.69, 9.17) is 0 Å². The maximum Gasteiger partial charge on any atom is 0.0546 e. The van der Waals surface area contributed by atoms with E-state index in [-0.39, 0.29) is 10.8 Å². The largest absolute Gasteiger partial charge is 0.310 e. The van der Waals surface area contributed by atoms with Crippen LogP contribution in [0.4, 0.5) is 34.1 Å². The van der Waals surface area contributed by atoms with Gasteiger partial charge in [0.2, 0.25) is 0 Å². The van der Waals surface area contributed by atoms with Crippen LogP contribution in [0.5, 0.6) is 0 Å². The molecule has 9 aromatic rings. The molecule has 0 aliphatic heterocycles. The van der Waals surface area contributed by atoms with Crippen molar-refractivity contribution in [1.29, 1.82) is 0 Å². The molecule has 0 fully saturated rings. The van der Waals surface area contributed by atoms with E-state index in [0.29, 0.717) is 0 Å². The fourth-order valence-corrected chi connectivity index (χ4v) is 11.3. The number of anilines is 6. The Hall–Kier alpha value is -7.16. The zero-order valence-electron chi connectivity index (χ0n) is 35.8. The van der Waals surface area contributed by atoms with E-state index in [1.807, 2.05) is 0 Å². The van der Waals surface area contributed by atoms with Crippen LogP contribution < -0.4 is 9.80 Å². The van der Waals surface area contributed by atoms with E-state index in [1.54, 1.807) is 5.57 Å². The normalized spacial score (nSPS) is 15.4. The zero-order valence-corrected chi connectivity index (χ0v) is 35.8. The quantitative estimate of drug-likeness (QED) is 0.155. The first-order chi connectivity index (χ1) is 30.3. The molecule has 3 aliphatic rings. The van der Waals surface area contributed by atoms with Crippen LogP contribution in [0.3, 0.4) is 0 Å². The summed E-state index contributed by atoms with van der Waals surface area (Å²) < 4.78 is 0. The molecule has 2 nitrogen and oxygen atoms in total. The van der Waals surface area contributed by atoms with Crippen LogP contribution in [0.2, 0.25) is 0 Å². The third-order valence-electron chi connectivity index (χ3n) is 14.3. The van der Waals surface area contributed by atoms with Crippen LogP contribution in [0.15, 0.2) is 200 Å². The summed E-state index contributed by atoms with van der Waals surface area (Å²) in [6.45, 7) is 9.57. The number of nitrogens with zero attached hydrogens (tertiary/aromatic N) is 2. The molecule has 0 bridgehead atoms. The molecule has 0 aromatic heterocycles. The highest BCUT2D eigenvalue weighted by molar-refractivity contribution is 6.24. The first-order valence-corrected chi connectivity index (χ1v) is 22.2.